The number of aromatic nitrogens is 2. The van der Waals surface area contributed by atoms with Crippen molar-refractivity contribution in [2.24, 2.45) is 0 Å². The van der Waals surface area contributed by atoms with E-state index in [2.05, 4.69) is 40.7 Å². The molecule has 1 atom stereocenters. The Hall–Kier alpha value is -1.61. The van der Waals surface area contributed by atoms with E-state index in [0.717, 1.165) is 36.5 Å². The predicted molar refractivity (Wildman–Crippen MR) is 66.7 cm³/mol. The van der Waals surface area contributed by atoms with Gasteiger partial charge >= 0.3 is 0 Å². The lowest BCUT2D eigenvalue weighted by Crippen LogP contribution is -2.22. The highest BCUT2D eigenvalue weighted by Gasteiger charge is 2.20. The van der Waals surface area contributed by atoms with Gasteiger partial charge in [0, 0.05) is 30.4 Å². The largest absolute Gasteiger partial charge is 0.393 e. The maximum Gasteiger partial charge on any atom is 0.140 e. The van der Waals surface area contributed by atoms with Gasteiger partial charge in [0.15, 0.2) is 0 Å². The Morgan fingerprint density at radius 1 is 1.29 bits per heavy atom. The number of aliphatic hydroxyl groups is 1. The second kappa shape index (κ2) is 4.00. The van der Waals surface area contributed by atoms with Gasteiger partial charge in [0.05, 0.1) is 6.10 Å². The van der Waals surface area contributed by atoms with Crippen molar-refractivity contribution >= 4 is 0 Å². The summed E-state index contributed by atoms with van der Waals surface area (Å²) in [7, 11) is 0. The zero-order chi connectivity index (χ0) is 11.8. The fourth-order valence-electron chi connectivity index (χ4n) is 2.38. The second-order valence-electron chi connectivity index (χ2n) is 4.74. The van der Waals surface area contributed by atoms with Gasteiger partial charge in [0.2, 0.25) is 0 Å². The molecule has 0 saturated carbocycles. The summed E-state index contributed by atoms with van der Waals surface area (Å²) in [6, 6.07) is 8.43. The number of aliphatic hydroxyl groups excluding tert-OH is 1. The van der Waals surface area contributed by atoms with E-state index < -0.39 is 0 Å². The van der Waals surface area contributed by atoms with Gasteiger partial charge in [-0.15, -0.1) is 0 Å². The molecule has 88 valence electrons. The Morgan fingerprint density at radius 2 is 2.06 bits per heavy atom. The molecule has 1 aliphatic rings. The topological polar surface area (TPSA) is 38.0 Å². The third-order valence-corrected chi connectivity index (χ3v) is 3.38. The molecule has 1 aromatic heterocycles. The third-order valence-electron chi connectivity index (χ3n) is 3.38. The number of hydrogen-bond acceptors (Lipinski definition) is 2. The van der Waals surface area contributed by atoms with Crippen molar-refractivity contribution in [1.82, 2.24) is 9.55 Å². The first kappa shape index (κ1) is 10.5. The fourth-order valence-corrected chi connectivity index (χ4v) is 2.38. The van der Waals surface area contributed by atoms with E-state index in [1.54, 1.807) is 0 Å². The number of imidazole rings is 1. The Kier molecular flexibility index (Phi) is 2.48. The Labute approximate surface area is 101 Å². The molecule has 17 heavy (non-hydrogen) atoms. The highest BCUT2D eigenvalue weighted by molar-refractivity contribution is 5.56. The molecule has 0 radical (unpaired) electrons. The van der Waals surface area contributed by atoms with Crippen molar-refractivity contribution < 1.29 is 5.11 Å². The first-order valence-electron chi connectivity index (χ1n) is 6.03. The van der Waals surface area contributed by atoms with Crippen LogP contribution in [0.3, 0.4) is 0 Å². The summed E-state index contributed by atoms with van der Waals surface area (Å²) in [5, 5.41) is 9.63. The lowest BCUT2D eigenvalue weighted by atomic mass is 10.1. The van der Waals surface area contributed by atoms with Gasteiger partial charge in [-0.05, 0) is 13.3 Å². The first-order chi connectivity index (χ1) is 8.24. The molecule has 3 rings (SSSR count). The van der Waals surface area contributed by atoms with Crippen molar-refractivity contribution in [3.8, 4) is 11.4 Å². The van der Waals surface area contributed by atoms with Crippen LogP contribution in [0.4, 0.5) is 0 Å². The third kappa shape index (κ3) is 1.87. The minimum absolute atomic E-state index is 0.204. The minimum Gasteiger partial charge on any atom is -0.393 e. The van der Waals surface area contributed by atoms with Crippen LogP contribution in [0.25, 0.3) is 11.4 Å². The van der Waals surface area contributed by atoms with Crippen LogP contribution in [0, 0.1) is 6.92 Å². The number of aryl methyl sites for hydroxylation is 1. The SMILES string of the molecule is Cc1ccc(-c2ncc3n2CCC(O)C3)cc1. The average Bonchev–Trinajstić information content (AvgIpc) is 2.73. The van der Waals surface area contributed by atoms with Crippen molar-refractivity contribution in [2.45, 2.75) is 32.4 Å². The van der Waals surface area contributed by atoms with E-state index in [4.69, 9.17) is 0 Å². The predicted octanol–water partition coefficient (Wildman–Crippen LogP) is 2.17. The Morgan fingerprint density at radius 3 is 2.82 bits per heavy atom. The van der Waals surface area contributed by atoms with Crippen LogP contribution in [-0.4, -0.2) is 20.8 Å². The molecule has 0 amide bonds. The van der Waals surface area contributed by atoms with Gasteiger partial charge < -0.3 is 9.67 Å². The van der Waals surface area contributed by atoms with Crippen LogP contribution in [0.1, 0.15) is 17.7 Å². The first-order valence-corrected chi connectivity index (χ1v) is 6.03. The monoisotopic (exact) mass is 228 g/mol. The zero-order valence-corrected chi connectivity index (χ0v) is 9.93. The normalized spacial score (nSPS) is 19.1. The van der Waals surface area contributed by atoms with E-state index in [1.807, 2.05) is 6.20 Å². The molecular formula is C14H16N2O. The highest BCUT2D eigenvalue weighted by Crippen LogP contribution is 2.24. The van der Waals surface area contributed by atoms with Crippen LogP contribution in [-0.2, 0) is 13.0 Å². The van der Waals surface area contributed by atoms with Crippen LogP contribution in [0.2, 0.25) is 0 Å². The van der Waals surface area contributed by atoms with E-state index in [1.165, 1.54) is 5.56 Å². The van der Waals surface area contributed by atoms with Crippen LogP contribution in [0.15, 0.2) is 30.5 Å². The average molecular weight is 228 g/mol. The summed E-state index contributed by atoms with van der Waals surface area (Å²) in [6.07, 6.45) is 3.23. The quantitative estimate of drug-likeness (QED) is 0.812. The van der Waals surface area contributed by atoms with Crippen molar-refractivity contribution in [3.05, 3.63) is 41.7 Å². The van der Waals surface area contributed by atoms with E-state index in [9.17, 15) is 5.11 Å². The van der Waals surface area contributed by atoms with Gasteiger partial charge in [-0.3, -0.25) is 0 Å². The Balaban J connectivity index is 2.02. The number of nitrogens with zero attached hydrogens (tertiary/aromatic N) is 2. The molecule has 3 nitrogen and oxygen atoms in total. The molecule has 3 heteroatoms. The molecule has 0 bridgehead atoms. The van der Waals surface area contributed by atoms with Gasteiger partial charge in [-0.1, -0.05) is 29.8 Å². The van der Waals surface area contributed by atoms with Crippen molar-refractivity contribution in [1.29, 1.82) is 0 Å². The summed E-state index contributed by atoms with van der Waals surface area (Å²) in [5.41, 5.74) is 3.55. The maximum absolute atomic E-state index is 9.63. The smallest absolute Gasteiger partial charge is 0.140 e. The molecule has 1 aromatic carbocycles. The van der Waals surface area contributed by atoms with Crippen LogP contribution < -0.4 is 0 Å². The van der Waals surface area contributed by atoms with Gasteiger partial charge in [0.1, 0.15) is 5.82 Å². The van der Waals surface area contributed by atoms with E-state index in [-0.39, 0.29) is 6.10 Å². The molecule has 0 spiro atoms. The summed E-state index contributed by atoms with van der Waals surface area (Å²) >= 11 is 0. The second-order valence-corrected chi connectivity index (χ2v) is 4.74. The lowest BCUT2D eigenvalue weighted by Gasteiger charge is -2.21. The standard InChI is InChI=1S/C14H16N2O/c1-10-2-4-11(5-3-10)14-15-9-12-8-13(17)6-7-16(12)14/h2-5,9,13,17H,6-8H2,1H3. The molecule has 0 aliphatic carbocycles. The summed E-state index contributed by atoms with van der Waals surface area (Å²) in [5.74, 6) is 1.02. The summed E-state index contributed by atoms with van der Waals surface area (Å²) in [6.45, 7) is 2.95. The Bertz CT molecular complexity index is 528. The maximum atomic E-state index is 9.63. The van der Waals surface area contributed by atoms with Gasteiger partial charge in [-0.25, -0.2) is 4.98 Å². The zero-order valence-electron chi connectivity index (χ0n) is 9.93. The molecule has 1 N–H and O–H groups in total. The molecule has 2 heterocycles. The lowest BCUT2D eigenvalue weighted by molar-refractivity contribution is 0.144. The van der Waals surface area contributed by atoms with E-state index in [0.29, 0.717) is 0 Å². The summed E-state index contributed by atoms with van der Waals surface area (Å²) < 4.78 is 2.22. The fraction of sp³-hybridized carbons (Fsp3) is 0.357. The molecule has 0 saturated heterocycles. The summed E-state index contributed by atoms with van der Waals surface area (Å²) in [4.78, 5) is 4.48. The molecule has 1 aliphatic heterocycles. The number of fused-ring (bicyclic) bond motifs is 1. The van der Waals surface area contributed by atoms with Crippen LogP contribution in [0.5, 0.6) is 0 Å². The highest BCUT2D eigenvalue weighted by atomic mass is 16.3. The molecule has 1 unspecified atom stereocenters. The minimum atomic E-state index is -0.204. The van der Waals surface area contributed by atoms with E-state index >= 15 is 0 Å². The number of hydrogen-bond donors (Lipinski definition) is 1. The molecule has 0 fully saturated rings. The van der Waals surface area contributed by atoms with Gasteiger partial charge in [0.25, 0.3) is 0 Å². The van der Waals surface area contributed by atoms with Crippen molar-refractivity contribution in [3.63, 3.8) is 0 Å². The van der Waals surface area contributed by atoms with Crippen LogP contribution >= 0.6 is 0 Å². The molecule has 2 aromatic rings. The number of benzene rings is 1. The number of rotatable bonds is 1. The van der Waals surface area contributed by atoms with Gasteiger partial charge in [-0.2, -0.15) is 0 Å². The molecular weight excluding hydrogens is 212 g/mol. The van der Waals surface area contributed by atoms with Crippen molar-refractivity contribution in [2.75, 3.05) is 0 Å².